The van der Waals surface area contributed by atoms with E-state index in [1.54, 1.807) is 0 Å². The van der Waals surface area contributed by atoms with E-state index in [1.807, 2.05) is 7.05 Å². The van der Waals surface area contributed by atoms with Crippen LogP contribution in [0.3, 0.4) is 0 Å². The molecule has 155 valence electrons. The van der Waals surface area contributed by atoms with Crippen LogP contribution in [0.2, 0.25) is 0 Å². The van der Waals surface area contributed by atoms with E-state index in [9.17, 15) is 13.2 Å². The number of likely N-dealkylation sites (tertiary alicyclic amines) is 1. The van der Waals surface area contributed by atoms with Crippen molar-refractivity contribution in [1.82, 2.24) is 13.9 Å². The van der Waals surface area contributed by atoms with E-state index in [2.05, 4.69) is 21.0 Å². The molecule has 1 aromatic carbocycles. The van der Waals surface area contributed by atoms with Gasteiger partial charge < -0.3 is 10.2 Å². The number of aryl methyl sites for hydroxylation is 2. The zero-order valence-corrected chi connectivity index (χ0v) is 21.7. The van der Waals surface area contributed by atoms with Crippen LogP contribution in [0.5, 0.6) is 0 Å². The number of fused-ring (bicyclic) bond motifs is 2. The van der Waals surface area contributed by atoms with E-state index in [4.69, 9.17) is 0 Å². The maximum atomic E-state index is 12.6. The summed E-state index contributed by atoms with van der Waals surface area (Å²) in [7, 11) is -0.338. The van der Waals surface area contributed by atoms with Crippen LogP contribution in [0.15, 0.2) is 6.07 Å². The summed E-state index contributed by atoms with van der Waals surface area (Å²) in [4.78, 5) is 14.8. The Morgan fingerprint density at radius 2 is 1.76 bits per heavy atom. The first-order chi connectivity index (χ1) is 13.3. The topological polar surface area (TPSA) is 81.8 Å². The number of carbonyl (C=O) groups excluding carboxylic acids is 1. The van der Waals surface area contributed by atoms with E-state index in [1.165, 1.54) is 33.6 Å². The van der Waals surface area contributed by atoms with Crippen molar-refractivity contribution in [3.63, 3.8) is 0 Å². The fourth-order valence-corrected chi connectivity index (χ4v) is 5.72. The minimum absolute atomic E-state index is 0. The van der Waals surface area contributed by atoms with Crippen LogP contribution in [0.25, 0.3) is 0 Å². The smallest absolute Gasteiger partial charge is 0.307 e. The standard InChI is InChI=1S/C20H30N4O3S.K/c1-23-11-5-8-16(23)13-24(2)28(26,27)22-20(25)21-19-17-9-3-6-14(17)12-15-7-4-10-18(15)19;/h12,16H,3-11,13H2,1-2H3,(H2,21,22,25);. The fourth-order valence-electron chi connectivity index (χ4n) is 4.91. The number of hydrogen-bond donors (Lipinski definition) is 2. The van der Waals surface area contributed by atoms with Crippen molar-refractivity contribution >= 4 is 73.3 Å². The Kier molecular flexibility index (Phi) is 7.87. The second-order valence-corrected chi connectivity index (χ2v) is 10.1. The Bertz CT molecular complexity index is 858. The molecule has 0 saturated carbocycles. The van der Waals surface area contributed by atoms with Gasteiger partial charge in [0.05, 0.1) is 0 Å². The Labute approximate surface area is 216 Å². The molecular formula is C20H30KN4O3S. The summed E-state index contributed by atoms with van der Waals surface area (Å²) in [5.74, 6) is 0. The monoisotopic (exact) mass is 445 g/mol. The molecule has 29 heavy (non-hydrogen) atoms. The van der Waals surface area contributed by atoms with Crippen LogP contribution in [-0.4, -0.2) is 108 Å². The van der Waals surface area contributed by atoms with Gasteiger partial charge in [-0.05, 0) is 87.2 Å². The van der Waals surface area contributed by atoms with Gasteiger partial charge in [-0.1, -0.05) is 6.07 Å². The molecule has 2 N–H and O–H groups in total. The fraction of sp³-hybridized carbons (Fsp3) is 0.650. The van der Waals surface area contributed by atoms with Crippen LogP contribution in [-0.2, 0) is 35.9 Å². The molecule has 1 atom stereocenters. The molecular weight excluding hydrogens is 415 g/mol. The molecule has 4 rings (SSSR count). The van der Waals surface area contributed by atoms with Crippen molar-refractivity contribution in [3.8, 4) is 0 Å². The summed E-state index contributed by atoms with van der Waals surface area (Å²) in [6, 6.07) is 1.82. The van der Waals surface area contributed by atoms with Crippen molar-refractivity contribution in [3.05, 3.63) is 28.3 Å². The quantitative estimate of drug-likeness (QED) is 0.676. The SMILES string of the molecule is CN1CCCC1CN(C)S(=O)(=O)NC(=O)Nc1c2c(cc3c1CCC3)CCC2.[K]. The number of nitrogens with zero attached hydrogens (tertiary/aromatic N) is 2. The van der Waals surface area contributed by atoms with Crippen LogP contribution in [0.4, 0.5) is 10.5 Å². The zero-order valence-electron chi connectivity index (χ0n) is 17.8. The maximum Gasteiger partial charge on any atom is 0.333 e. The van der Waals surface area contributed by atoms with Crippen molar-refractivity contribution in [2.24, 2.45) is 0 Å². The van der Waals surface area contributed by atoms with E-state index < -0.39 is 16.2 Å². The first-order valence-corrected chi connectivity index (χ1v) is 11.7. The van der Waals surface area contributed by atoms with Gasteiger partial charge in [-0.3, -0.25) is 0 Å². The van der Waals surface area contributed by atoms with Crippen LogP contribution < -0.4 is 10.0 Å². The number of carbonyl (C=O) groups is 1. The molecule has 1 heterocycles. The number of amides is 2. The van der Waals surface area contributed by atoms with Crippen molar-refractivity contribution in [2.75, 3.05) is 32.5 Å². The van der Waals surface area contributed by atoms with E-state index in [0.29, 0.717) is 6.54 Å². The van der Waals surface area contributed by atoms with Crippen molar-refractivity contribution in [1.29, 1.82) is 0 Å². The molecule has 1 aliphatic heterocycles. The number of likely N-dealkylation sites (N-methyl/N-ethyl adjacent to an activating group) is 2. The second-order valence-electron chi connectivity index (χ2n) is 8.35. The molecule has 2 amide bonds. The van der Waals surface area contributed by atoms with Crippen LogP contribution >= 0.6 is 0 Å². The predicted molar refractivity (Wildman–Crippen MR) is 116 cm³/mol. The maximum absolute atomic E-state index is 12.6. The Hall–Kier alpha value is -0.00364. The van der Waals surface area contributed by atoms with Gasteiger partial charge in [-0.15, -0.1) is 0 Å². The Morgan fingerprint density at radius 3 is 2.31 bits per heavy atom. The van der Waals surface area contributed by atoms with Gasteiger partial charge in [0, 0.05) is 76.7 Å². The second kappa shape index (κ2) is 9.64. The first-order valence-electron chi connectivity index (χ1n) is 10.3. The third-order valence-electron chi connectivity index (χ3n) is 6.48. The average molecular weight is 446 g/mol. The zero-order chi connectivity index (χ0) is 19.9. The van der Waals surface area contributed by atoms with Gasteiger partial charge in [0.15, 0.2) is 0 Å². The molecule has 2 aliphatic carbocycles. The molecule has 1 unspecified atom stereocenters. The third kappa shape index (κ3) is 5.09. The van der Waals surface area contributed by atoms with Crippen molar-refractivity contribution < 1.29 is 13.2 Å². The molecule has 0 bridgehead atoms. The number of hydrogen-bond acceptors (Lipinski definition) is 4. The molecule has 1 fully saturated rings. The number of rotatable bonds is 5. The first kappa shape index (κ1) is 23.7. The summed E-state index contributed by atoms with van der Waals surface area (Å²) in [5, 5.41) is 2.89. The van der Waals surface area contributed by atoms with Gasteiger partial charge in [-0.25, -0.2) is 9.52 Å². The summed E-state index contributed by atoms with van der Waals surface area (Å²) in [5.41, 5.74) is 5.84. The van der Waals surface area contributed by atoms with Gasteiger partial charge in [0.25, 0.3) is 0 Å². The molecule has 0 aromatic heterocycles. The minimum Gasteiger partial charge on any atom is -0.307 e. The molecule has 3 aliphatic rings. The van der Waals surface area contributed by atoms with E-state index >= 15 is 0 Å². The molecule has 0 spiro atoms. The molecule has 1 aromatic rings. The molecule has 1 radical (unpaired) electrons. The number of nitrogens with one attached hydrogen (secondary N) is 2. The summed E-state index contributed by atoms with van der Waals surface area (Å²) in [6.45, 7) is 1.37. The van der Waals surface area contributed by atoms with Gasteiger partial charge >= 0.3 is 16.2 Å². The summed E-state index contributed by atoms with van der Waals surface area (Å²) < 4.78 is 28.7. The summed E-state index contributed by atoms with van der Waals surface area (Å²) >= 11 is 0. The largest absolute Gasteiger partial charge is 0.333 e. The van der Waals surface area contributed by atoms with Crippen LogP contribution in [0.1, 0.15) is 47.9 Å². The third-order valence-corrected chi connectivity index (χ3v) is 7.90. The van der Waals surface area contributed by atoms with Gasteiger partial charge in [0.2, 0.25) is 0 Å². The normalized spacial score (nSPS) is 21.0. The predicted octanol–water partition coefficient (Wildman–Crippen LogP) is 1.68. The number of anilines is 1. The summed E-state index contributed by atoms with van der Waals surface area (Å²) in [6.07, 6.45) is 8.19. The average Bonchev–Trinajstić information content (AvgIpc) is 3.35. The van der Waals surface area contributed by atoms with Gasteiger partial charge in [0.1, 0.15) is 0 Å². The van der Waals surface area contributed by atoms with Crippen LogP contribution in [0, 0.1) is 0 Å². The minimum atomic E-state index is -3.87. The molecule has 9 heteroatoms. The Balaban J connectivity index is 0.00000240. The number of benzene rings is 1. The number of urea groups is 1. The van der Waals surface area contributed by atoms with Gasteiger partial charge in [-0.2, -0.15) is 12.7 Å². The van der Waals surface area contributed by atoms with E-state index in [-0.39, 0.29) is 57.4 Å². The Morgan fingerprint density at radius 1 is 1.14 bits per heavy atom. The van der Waals surface area contributed by atoms with E-state index in [0.717, 1.165) is 63.6 Å². The molecule has 1 saturated heterocycles. The molecule has 7 nitrogen and oxygen atoms in total. The van der Waals surface area contributed by atoms with Crippen molar-refractivity contribution in [2.45, 2.75) is 57.4 Å².